The van der Waals surface area contributed by atoms with Gasteiger partial charge in [0, 0.05) is 5.56 Å². The maximum absolute atomic E-state index is 6.59. The highest BCUT2D eigenvalue weighted by atomic mass is 79.9. The smallest absolute Gasteiger partial charge is 0.141 e. The Morgan fingerprint density at radius 1 is 1.16 bits per heavy atom. The lowest BCUT2D eigenvalue weighted by Gasteiger charge is -2.17. The molecule has 1 heterocycles. The van der Waals surface area contributed by atoms with Crippen molar-refractivity contribution in [3.63, 3.8) is 0 Å². The van der Waals surface area contributed by atoms with Crippen LogP contribution in [0.3, 0.4) is 0 Å². The van der Waals surface area contributed by atoms with Gasteiger partial charge in [-0.05, 0) is 56.9 Å². The molecule has 0 amide bonds. The number of rotatable bonds is 4. The third-order valence-corrected chi connectivity index (χ3v) is 5.06. The quantitative estimate of drug-likeness (QED) is 0.700. The number of benzene rings is 1. The molecular formula is C14H14BrClO2S. The maximum atomic E-state index is 6.59. The number of thiophene rings is 1. The van der Waals surface area contributed by atoms with Crippen molar-refractivity contribution in [1.82, 2.24) is 0 Å². The predicted molar refractivity (Wildman–Crippen MR) is 84.0 cm³/mol. The number of aryl methyl sites for hydroxylation is 1. The van der Waals surface area contributed by atoms with Gasteiger partial charge in [0.1, 0.15) is 16.0 Å². The van der Waals surface area contributed by atoms with E-state index in [0.717, 1.165) is 21.3 Å². The van der Waals surface area contributed by atoms with E-state index in [-0.39, 0.29) is 5.38 Å². The van der Waals surface area contributed by atoms with Gasteiger partial charge in [0.05, 0.1) is 19.6 Å². The van der Waals surface area contributed by atoms with Gasteiger partial charge < -0.3 is 9.47 Å². The Hall–Kier alpha value is -0.710. The molecule has 2 rings (SSSR count). The van der Waals surface area contributed by atoms with E-state index in [1.165, 1.54) is 5.56 Å². The number of hydrogen-bond acceptors (Lipinski definition) is 3. The van der Waals surface area contributed by atoms with Gasteiger partial charge in [0.15, 0.2) is 0 Å². The van der Waals surface area contributed by atoms with Crippen LogP contribution in [0, 0.1) is 6.92 Å². The Labute approximate surface area is 130 Å². The molecule has 2 aromatic rings. The molecule has 0 bridgehead atoms. The lowest BCUT2D eigenvalue weighted by atomic mass is 10.0. The van der Waals surface area contributed by atoms with Crippen LogP contribution < -0.4 is 9.47 Å². The topological polar surface area (TPSA) is 18.5 Å². The summed E-state index contributed by atoms with van der Waals surface area (Å²) >= 11 is 11.7. The van der Waals surface area contributed by atoms with Crippen LogP contribution in [-0.2, 0) is 0 Å². The van der Waals surface area contributed by atoms with Crippen LogP contribution in [-0.4, -0.2) is 14.2 Å². The second-order valence-corrected chi connectivity index (χ2v) is 6.05. The zero-order valence-electron chi connectivity index (χ0n) is 10.9. The van der Waals surface area contributed by atoms with Crippen LogP contribution in [0.2, 0.25) is 0 Å². The molecule has 2 nitrogen and oxygen atoms in total. The minimum Gasteiger partial charge on any atom is -0.495 e. The zero-order chi connectivity index (χ0) is 14.0. The third kappa shape index (κ3) is 2.76. The summed E-state index contributed by atoms with van der Waals surface area (Å²) in [5.41, 5.74) is 3.24. The summed E-state index contributed by atoms with van der Waals surface area (Å²) in [5, 5.41) is 3.93. The van der Waals surface area contributed by atoms with Crippen molar-refractivity contribution >= 4 is 38.9 Å². The highest BCUT2D eigenvalue weighted by Crippen LogP contribution is 2.44. The first-order chi connectivity index (χ1) is 9.10. The van der Waals surface area contributed by atoms with E-state index in [0.29, 0.717) is 5.75 Å². The van der Waals surface area contributed by atoms with Gasteiger partial charge in [-0.15, -0.1) is 11.6 Å². The summed E-state index contributed by atoms with van der Waals surface area (Å²) < 4.78 is 11.5. The van der Waals surface area contributed by atoms with E-state index >= 15 is 0 Å². The summed E-state index contributed by atoms with van der Waals surface area (Å²) in [5.74, 6) is 1.44. The number of halogens is 2. The van der Waals surface area contributed by atoms with Gasteiger partial charge in [-0.2, -0.15) is 11.3 Å². The van der Waals surface area contributed by atoms with Crippen molar-refractivity contribution in [3.8, 4) is 11.5 Å². The normalized spacial score (nSPS) is 12.3. The van der Waals surface area contributed by atoms with E-state index < -0.39 is 0 Å². The van der Waals surface area contributed by atoms with Gasteiger partial charge in [-0.3, -0.25) is 0 Å². The minimum absolute atomic E-state index is 0.233. The van der Waals surface area contributed by atoms with Crippen molar-refractivity contribution in [2.45, 2.75) is 12.3 Å². The molecule has 1 aromatic carbocycles. The van der Waals surface area contributed by atoms with Crippen molar-refractivity contribution in [2.24, 2.45) is 0 Å². The molecule has 1 atom stereocenters. The average Bonchev–Trinajstić information content (AvgIpc) is 2.83. The van der Waals surface area contributed by atoms with E-state index in [9.17, 15) is 0 Å². The number of methoxy groups -OCH3 is 2. The maximum Gasteiger partial charge on any atom is 0.141 e. The Kier molecular flexibility index (Phi) is 4.76. The Balaban J connectivity index is 2.51. The number of ether oxygens (including phenoxy) is 2. The zero-order valence-corrected chi connectivity index (χ0v) is 14.0. The molecule has 1 aromatic heterocycles. The standard InChI is InChI=1S/C14H14BrClO2S/c1-8-6-19-7-10(8)13(16)9-4-5-11(17-2)12(15)14(9)18-3/h4-7,13H,1-3H3. The summed E-state index contributed by atoms with van der Waals surface area (Å²) in [6, 6.07) is 3.83. The van der Waals surface area contributed by atoms with Crippen LogP contribution in [0.5, 0.6) is 11.5 Å². The highest BCUT2D eigenvalue weighted by Gasteiger charge is 2.21. The molecule has 0 radical (unpaired) electrons. The second kappa shape index (κ2) is 6.16. The fourth-order valence-electron chi connectivity index (χ4n) is 1.92. The predicted octanol–water partition coefficient (Wildman–Crippen LogP) is 5.16. The summed E-state index contributed by atoms with van der Waals surface area (Å²) in [6.07, 6.45) is 0. The molecule has 102 valence electrons. The molecule has 0 N–H and O–H groups in total. The summed E-state index contributed by atoms with van der Waals surface area (Å²) in [4.78, 5) is 0. The lowest BCUT2D eigenvalue weighted by molar-refractivity contribution is 0.386. The van der Waals surface area contributed by atoms with Crippen LogP contribution >= 0.6 is 38.9 Å². The summed E-state index contributed by atoms with van der Waals surface area (Å²) in [6.45, 7) is 2.06. The van der Waals surface area contributed by atoms with E-state index in [2.05, 4.69) is 33.6 Å². The molecule has 5 heteroatoms. The van der Waals surface area contributed by atoms with Crippen LogP contribution in [0.15, 0.2) is 27.4 Å². The molecule has 1 unspecified atom stereocenters. The first-order valence-electron chi connectivity index (χ1n) is 5.67. The van der Waals surface area contributed by atoms with Crippen LogP contribution in [0.1, 0.15) is 22.1 Å². The number of alkyl halides is 1. The van der Waals surface area contributed by atoms with E-state index in [1.54, 1.807) is 25.6 Å². The molecular weight excluding hydrogens is 348 g/mol. The molecule has 0 aliphatic carbocycles. The van der Waals surface area contributed by atoms with Gasteiger partial charge in [-0.1, -0.05) is 0 Å². The first-order valence-corrected chi connectivity index (χ1v) is 7.84. The fraction of sp³-hybridized carbons (Fsp3) is 0.286. The van der Waals surface area contributed by atoms with Crippen molar-refractivity contribution in [1.29, 1.82) is 0 Å². The Morgan fingerprint density at radius 3 is 2.42 bits per heavy atom. The van der Waals surface area contributed by atoms with Crippen molar-refractivity contribution < 1.29 is 9.47 Å². The minimum atomic E-state index is -0.233. The van der Waals surface area contributed by atoms with Crippen LogP contribution in [0.4, 0.5) is 0 Å². The molecule has 0 saturated heterocycles. The SMILES string of the molecule is COc1ccc(C(Cl)c2cscc2C)c(OC)c1Br. The molecule has 0 saturated carbocycles. The largest absolute Gasteiger partial charge is 0.495 e. The second-order valence-electron chi connectivity index (χ2n) is 4.08. The number of hydrogen-bond donors (Lipinski definition) is 0. The monoisotopic (exact) mass is 360 g/mol. The molecule has 0 spiro atoms. The third-order valence-electron chi connectivity index (χ3n) is 2.96. The lowest BCUT2D eigenvalue weighted by Crippen LogP contribution is -2.00. The van der Waals surface area contributed by atoms with Gasteiger partial charge >= 0.3 is 0 Å². The van der Waals surface area contributed by atoms with E-state index in [4.69, 9.17) is 21.1 Å². The Morgan fingerprint density at radius 2 is 1.89 bits per heavy atom. The van der Waals surface area contributed by atoms with Crippen molar-refractivity contribution in [2.75, 3.05) is 14.2 Å². The van der Waals surface area contributed by atoms with Gasteiger partial charge in [0.25, 0.3) is 0 Å². The molecule has 0 aliphatic rings. The average molecular weight is 362 g/mol. The van der Waals surface area contributed by atoms with Gasteiger partial charge in [0.2, 0.25) is 0 Å². The highest BCUT2D eigenvalue weighted by molar-refractivity contribution is 9.10. The van der Waals surface area contributed by atoms with Crippen LogP contribution in [0.25, 0.3) is 0 Å². The summed E-state index contributed by atoms with van der Waals surface area (Å²) in [7, 11) is 3.26. The fourth-order valence-corrected chi connectivity index (χ4v) is 3.96. The molecule has 0 fully saturated rings. The molecule has 0 aliphatic heterocycles. The van der Waals surface area contributed by atoms with E-state index in [1.807, 2.05) is 12.1 Å². The Bertz CT molecular complexity index is 583. The molecule has 19 heavy (non-hydrogen) atoms. The van der Waals surface area contributed by atoms with Crippen molar-refractivity contribution in [3.05, 3.63) is 44.1 Å². The van der Waals surface area contributed by atoms with Gasteiger partial charge in [-0.25, -0.2) is 0 Å². The first kappa shape index (κ1) is 14.7.